The number of hydrogen-bond acceptors (Lipinski definition) is 3. The Kier molecular flexibility index (Phi) is 5.86. The molecule has 1 aromatic heterocycles. The lowest BCUT2D eigenvalue weighted by atomic mass is 10.2. The highest BCUT2D eigenvalue weighted by Gasteiger charge is 2.19. The zero-order chi connectivity index (χ0) is 11.8. The minimum atomic E-state index is 0.366. The van der Waals surface area contributed by atoms with E-state index in [1.54, 1.807) is 0 Å². The lowest BCUT2D eigenvalue weighted by Gasteiger charge is -2.33. The third-order valence-corrected chi connectivity index (χ3v) is 2.57. The molecule has 2 rings (SSSR count). The molecule has 1 aliphatic heterocycles. The van der Waals surface area contributed by atoms with Crippen LogP contribution in [0.5, 0.6) is 0 Å². The number of hydrogen-bond donors (Lipinski definition) is 0. The van der Waals surface area contributed by atoms with Crippen LogP contribution in [-0.2, 0) is 4.74 Å². The molecule has 1 atom stereocenters. The van der Waals surface area contributed by atoms with Gasteiger partial charge in [0.1, 0.15) is 5.82 Å². The molecule has 1 fully saturated rings. The van der Waals surface area contributed by atoms with Crippen molar-refractivity contribution in [2.75, 3.05) is 24.6 Å². The van der Waals surface area contributed by atoms with Crippen LogP contribution in [0.1, 0.15) is 27.2 Å². The molecule has 0 amide bonds. The van der Waals surface area contributed by atoms with Gasteiger partial charge in [0.2, 0.25) is 0 Å². The number of rotatable bonds is 2. The molecule has 0 bridgehead atoms. The molecular weight excluding hydrogens is 200 g/mol. The molecule has 2 heterocycles. The number of morpholine rings is 1. The van der Waals surface area contributed by atoms with Gasteiger partial charge in [0.05, 0.1) is 12.7 Å². The van der Waals surface area contributed by atoms with Crippen LogP contribution in [0.2, 0.25) is 0 Å². The van der Waals surface area contributed by atoms with Crippen LogP contribution >= 0.6 is 0 Å². The molecule has 3 heteroatoms. The fourth-order valence-electron chi connectivity index (χ4n) is 1.72. The molecular formula is C13H22N2O. The van der Waals surface area contributed by atoms with Gasteiger partial charge in [-0.2, -0.15) is 0 Å². The van der Waals surface area contributed by atoms with Crippen molar-refractivity contribution in [3.05, 3.63) is 24.4 Å². The number of nitrogens with zero attached hydrogens (tertiary/aromatic N) is 2. The highest BCUT2D eigenvalue weighted by atomic mass is 16.5. The lowest BCUT2D eigenvalue weighted by Crippen LogP contribution is -2.42. The molecule has 0 spiro atoms. The zero-order valence-electron chi connectivity index (χ0n) is 10.5. The minimum Gasteiger partial charge on any atom is -0.375 e. The van der Waals surface area contributed by atoms with Gasteiger partial charge in [-0.1, -0.05) is 26.8 Å². The molecule has 0 N–H and O–H groups in total. The number of anilines is 1. The maximum absolute atomic E-state index is 5.61. The van der Waals surface area contributed by atoms with E-state index < -0.39 is 0 Å². The predicted molar refractivity (Wildman–Crippen MR) is 67.8 cm³/mol. The molecule has 90 valence electrons. The summed E-state index contributed by atoms with van der Waals surface area (Å²) in [5.74, 6) is 1.06. The van der Waals surface area contributed by atoms with E-state index >= 15 is 0 Å². The van der Waals surface area contributed by atoms with Crippen molar-refractivity contribution < 1.29 is 4.74 Å². The highest BCUT2D eigenvalue weighted by molar-refractivity contribution is 5.38. The Labute approximate surface area is 98.4 Å². The first-order chi connectivity index (χ1) is 7.90. The topological polar surface area (TPSA) is 25.4 Å². The van der Waals surface area contributed by atoms with Gasteiger partial charge in [-0.05, 0) is 18.6 Å². The van der Waals surface area contributed by atoms with E-state index in [9.17, 15) is 0 Å². The Balaban J connectivity index is 0.000000606. The van der Waals surface area contributed by atoms with Crippen LogP contribution in [0, 0.1) is 0 Å². The quantitative estimate of drug-likeness (QED) is 0.769. The Morgan fingerprint density at radius 2 is 2.25 bits per heavy atom. The number of aromatic nitrogens is 1. The third-order valence-electron chi connectivity index (χ3n) is 2.57. The first-order valence-electron chi connectivity index (χ1n) is 6.17. The summed E-state index contributed by atoms with van der Waals surface area (Å²) in [6.07, 6.45) is 3.28. The van der Waals surface area contributed by atoms with Gasteiger partial charge in [0.15, 0.2) is 0 Å². The van der Waals surface area contributed by atoms with Crippen molar-refractivity contribution in [1.29, 1.82) is 0 Å². The SMILES string of the molecule is CC.CC[C@H]1CN(c2ccccn2)CCO1. The largest absolute Gasteiger partial charge is 0.375 e. The maximum Gasteiger partial charge on any atom is 0.128 e. The summed E-state index contributed by atoms with van der Waals surface area (Å²) >= 11 is 0. The molecule has 1 aromatic rings. The van der Waals surface area contributed by atoms with E-state index in [1.165, 1.54) is 0 Å². The second kappa shape index (κ2) is 7.23. The monoisotopic (exact) mass is 222 g/mol. The van der Waals surface area contributed by atoms with Crippen LogP contribution in [-0.4, -0.2) is 30.8 Å². The summed E-state index contributed by atoms with van der Waals surface area (Å²) in [7, 11) is 0. The number of pyridine rings is 1. The van der Waals surface area contributed by atoms with Crippen LogP contribution in [0.25, 0.3) is 0 Å². The Morgan fingerprint density at radius 1 is 1.44 bits per heavy atom. The van der Waals surface area contributed by atoms with Crippen molar-refractivity contribution in [3.63, 3.8) is 0 Å². The predicted octanol–water partition coefficient (Wildman–Crippen LogP) is 2.72. The second-order valence-electron chi connectivity index (χ2n) is 3.53. The van der Waals surface area contributed by atoms with Crippen LogP contribution in [0.4, 0.5) is 5.82 Å². The Hall–Kier alpha value is -1.09. The normalized spacial score (nSPS) is 19.9. The molecule has 0 aromatic carbocycles. The third kappa shape index (κ3) is 3.49. The Bertz CT molecular complexity index is 277. The molecule has 0 unspecified atom stereocenters. The van der Waals surface area contributed by atoms with Gasteiger partial charge >= 0.3 is 0 Å². The first kappa shape index (κ1) is 13.0. The van der Waals surface area contributed by atoms with Crippen molar-refractivity contribution >= 4 is 5.82 Å². The van der Waals surface area contributed by atoms with Crippen LogP contribution in [0.15, 0.2) is 24.4 Å². The first-order valence-corrected chi connectivity index (χ1v) is 6.17. The van der Waals surface area contributed by atoms with Crippen molar-refractivity contribution in [2.45, 2.75) is 33.3 Å². The Morgan fingerprint density at radius 3 is 2.88 bits per heavy atom. The molecule has 1 saturated heterocycles. The maximum atomic E-state index is 5.61. The van der Waals surface area contributed by atoms with Crippen LogP contribution < -0.4 is 4.90 Å². The standard InChI is InChI=1S/C11H16N2O.C2H6/c1-2-10-9-13(7-8-14-10)11-5-3-4-6-12-11;1-2/h3-6,10H,2,7-9H2,1H3;1-2H3/t10-;/m0./s1. The highest BCUT2D eigenvalue weighted by Crippen LogP contribution is 2.15. The van der Waals surface area contributed by atoms with Crippen molar-refractivity contribution in [3.8, 4) is 0 Å². The average Bonchev–Trinajstić information content (AvgIpc) is 2.42. The van der Waals surface area contributed by atoms with Gasteiger partial charge in [-0.25, -0.2) is 4.98 Å². The summed E-state index contributed by atoms with van der Waals surface area (Å²) in [5.41, 5.74) is 0. The van der Waals surface area contributed by atoms with E-state index in [2.05, 4.69) is 22.9 Å². The van der Waals surface area contributed by atoms with Gasteiger partial charge < -0.3 is 9.64 Å². The van der Waals surface area contributed by atoms with Gasteiger partial charge in [0, 0.05) is 19.3 Å². The fourth-order valence-corrected chi connectivity index (χ4v) is 1.72. The van der Waals surface area contributed by atoms with E-state index in [4.69, 9.17) is 4.74 Å². The fraction of sp³-hybridized carbons (Fsp3) is 0.615. The molecule has 1 aliphatic rings. The summed E-state index contributed by atoms with van der Waals surface area (Å²) in [4.78, 5) is 6.63. The molecule has 0 saturated carbocycles. The molecule has 0 aliphatic carbocycles. The van der Waals surface area contributed by atoms with Gasteiger partial charge in [-0.3, -0.25) is 0 Å². The molecule has 0 radical (unpaired) electrons. The smallest absolute Gasteiger partial charge is 0.128 e. The van der Waals surface area contributed by atoms with Crippen LogP contribution in [0.3, 0.4) is 0 Å². The van der Waals surface area contributed by atoms with E-state index in [-0.39, 0.29) is 0 Å². The van der Waals surface area contributed by atoms with E-state index in [0.717, 1.165) is 31.9 Å². The minimum absolute atomic E-state index is 0.366. The van der Waals surface area contributed by atoms with E-state index in [0.29, 0.717) is 6.10 Å². The summed E-state index contributed by atoms with van der Waals surface area (Å²) < 4.78 is 5.61. The van der Waals surface area contributed by atoms with Crippen molar-refractivity contribution in [1.82, 2.24) is 4.98 Å². The van der Waals surface area contributed by atoms with E-state index in [1.807, 2.05) is 32.2 Å². The lowest BCUT2D eigenvalue weighted by molar-refractivity contribution is 0.0382. The summed E-state index contributed by atoms with van der Waals surface area (Å²) in [5, 5.41) is 0. The van der Waals surface area contributed by atoms with Gasteiger partial charge in [0.25, 0.3) is 0 Å². The van der Waals surface area contributed by atoms with Gasteiger partial charge in [-0.15, -0.1) is 0 Å². The summed E-state index contributed by atoms with van der Waals surface area (Å²) in [6.45, 7) is 8.89. The molecule has 3 nitrogen and oxygen atoms in total. The summed E-state index contributed by atoms with van der Waals surface area (Å²) in [6, 6.07) is 6.03. The average molecular weight is 222 g/mol. The number of ether oxygens (including phenoxy) is 1. The second-order valence-corrected chi connectivity index (χ2v) is 3.53. The molecule has 16 heavy (non-hydrogen) atoms. The van der Waals surface area contributed by atoms with Crippen molar-refractivity contribution in [2.24, 2.45) is 0 Å². The zero-order valence-corrected chi connectivity index (χ0v) is 10.5.